The lowest BCUT2D eigenvalue weighted by atomic mass is 10.1. The molecule has 0 unspecified atom stereocenters. The molecule has 0 saturated heterocycles. The Hall–Kier alpha value is -3.51. The third-order valence-electron chi connectivity index (χ3n) is 4.75. The van der Waals surface area contributed by atoms with E-state index in [1.165, 1.54) is 11.3 Å². The monoisotopic (exact) mass is 416 g/mol. The van der Waals surface area contributed by atoms with E-state index in [-0.39, 0.29) is 12.5 Å². The molecule has 4 aromatic rings. The number of esters is 1. The number of rotatable bonds is 5. The summed E-state index contributed by atoms with van der Waals surface area (Å²) < 4.78 is 6.35. The van der Waals surface area contributed by atoms with E-state index in [9.17, 15) is 9.59 Å². The van der Waals surface area contributed by atoms with Gasteiger partial charge in [-0.25, -0.2) is 9.78 Å². The Morgan fingerprint density at radius 2 is 1.63 bits per heavy atom. The van der Waals surface area contributed by atoms with Gasteiger partial charge in [-0.2, -0.15) is 0 Å². The normalized spacial score (nSPS) is 10.7. The molecule has 4 rings (SSSR count). The van der Waals surface area contributed by atoms with Crippen molar-refractivity contribution in [2.24, 2.45) is 0 Å². The van der Waals surface area contributed by atoms with Crippen molar-refractivity contribution >= 4 is 39.1 Å². The van der Waals surface area contributed by atoms with Crippen molar-refractivity contribution in [3.8, 4) is 10.6 Å². The standard InChI is InChI=1S/C24H20N2O3S/c1-15-8-7-9-16(2)22(15)26-21(27)14-29-24(28)18-11-4-3-10-17(18)23-25-19-12-5-6-13-20(19)30-23/h3-13H,14H2,1-2H3,(H,26,27). The summed E-state index contributed by atoms with van der Waals surface area (Å²) in [6.45, 7) is 3.48. The minimum Gasteiger partial charge on any atom is -0.452 e. The van der Waals surface area contributed by atoms with Gasteiger partial charge in [0.25, 0.3) is 5.91 Å². The number of benzene rings is 3. The van der Waals surface area contributed by atoms with Gasteiger partial charge in [0.2, 0.25) is 0 Å². The van der Waals surface area contributed by atoms with Crippen LogP contribution in [0.15, 0.2) is 66.7 Å². The first-order valence-corrected chi connectivity index (χ1v) is 10.3. The topological polar surface area (TPSA) is 68.3 Å². The smallest absolute Gasteiger partial charge is 0.339 e. The molecule has 0 saturated carbocycles. The van der Waals surface area contributed by atoms with Crippen LogP contribution < -0.4 is 5.32 Å². The lowest BCUT2D eigenvalue weighted by Crippen LogP contribution is -2.22. The fraction of sp³-hybridized carbons (Fsp3) is 0.125. The number of anilines is 1. The molecule has 0 bridgehead atoms. The van der Waals surface area contributed by atoms with Crippen molar-refractivity contribution in [2.45, 2.75) is 13.8 Å². The summed E-state index contributed by atoms with van der Waals surface area (Å²) in [7, 11) is 0. The Labute approximate surface area is 178 Å². The first-order chi connectivity index (χ1) is 14.5. The second kappa shape index (κ2) is 8.47. The van der Waals surface area contributed by atoms with E-state index in [0.29, 0.717) is 11.1 Å². The number of nitrogens with zero attached hydrogens (tertiary/aromatic N) is 1. The third kappa shape index (κ3) is 4.09. The van der Waals surface area contributed by atoms with Crippen LogP contribution in [-0.2, 0) is 9.53 Å². The molecule has 0 aliphatic heterocycles. The van der Waals surface area contributed by atoms with Gasteiger partial charge in [-0.05, 0) is 43.2 Å². The fourth-order valence-corrected chi connectivity index (χ4v) is 4.24. The fourth-order valence-electron chi connectivity index (χ4n) is 3.23. The molecule has 1 amide bonds. The van der Waals surface area contributed by atoms with E-state index >= 15 is 0 Å². The number of aryl methyl sites for hydroxylation is 2. The number of carbonyl (C=O) groups excluding carboxylic acids is 2. The average Bonchev–Trinajstić information content (AvgIpc) is 3.19. The summed E-state index contributed by atoms with van der Waals surface area (Å²) >= 11 is 1.51. The van der Waals surface area contributed by atoms with Crippen LogP contribution in [-0.4, -0.2) is 23.5 Å². The maximum atomic E-state index is 12.7. The first-order valence-electron chi connectivity index (χ1n) is 9.51. The van der Waals surface area contributed by atoms with Crippen LogP contribution in [0.5, 0.6) is 0 Å². The van der Waals surface area contributed by atoms with E-state index in [0.717, 1.165) is 32.0 Å². The van der Waals surface area contributed by atoms with E-state index in [1.54, 1.807) is 12.1 Å². The number of hydrogen-bond donors (Lipinski definition) is 1. The van der Waals surface area contributed by atoms with Crippen molar-refractivity contribution in [3.05, 3.63) is 83.4 Å². The molecule has 1 aromatic heterocycles. The van der Waals surface area contributed by atoms with Crippen LogP contribution in [0.3, 0.4) is 0 Å². The molecule has 150 valence electrons. The highest BCUT2D eigenvalue weighted by Gasteiger charge is 2.18. The number of aromatic nitrogens is 1. The van der Waals surface area contributed by atoms with Gasteiger partial charge in [0, 0.05) is 11.3 Å². The van der Waals surface area contributed by atoms with Gasteiger partial charge in [0.1, 0.15) is 5.01 Å². The van der Waals surface area contributed by atoms with Gasteiger partial charge < -0.3 is 10.1 Å². The van der Waals surface area contributed by atoms with E-state index < -0.39 is 5.97 Å². The number of ether oxygens (including phenoxy) is 1. The minimum absolute atomic E-state index is 0.360. The second-order valence-corrected chi connectivity index (χ2v) is 7.95. The molecular formula is C24H20N2O3S. The summed E-state index contributed by atoms with van der Waals surface area (Å²) in [5.74, 6) is -0.931. The third-order valence-corrected chi connectivity index (χ3v) is 5.82. The summed E-state index contributed by atoms with van der Waals surface area (Å²) in [5.41, 5.74) is 4.61. The first kappa shape index (κ1) is 19.8. The van der Waals surface area contributed by atoms with Gasteiger partial charge >= 0.3 is 5.97 Å². The zero-order chi connectivity index (χ0) is 21.1. The van der Waals surface area contributed by atoms with Gasteiger partial charge in [0.05, 0.1) is 15.8 Å². The number of hydrogen-bond acceptors (Lipinski definition) is 5. The van der Waals surface area contributed by atoms with Crippen molar-refractivity contribution in [3.63, 3.8) is 0 Å². The number of para-hydroxylation sites is 2. The molecule has 1 N–H and O–H groups in total. The van der Waals surface area contributed by atoms with Crippen LogP contribution in [0.1, 0.15) is 21.5 Å². The van der Waals surface area contributed by atoms with Crippen LogP contribution in [0.4, 0.5) is 5.69 Å². The SMILES string of the molecule is Cc1cccc(C)c1NC(=O)COC(=O)c1ccccc1-c1nc2ccccc2s1. The minimum atomic E-state index is -0.554. The zero-order valence-electron chi connectivity index (χ0n) is 16.6. The summed E-state index contributed by atoms with van der Waals surface area (Å²) in [6, 6.07) is 20.7. The maximum Gasteiger partial charge on any atom is 0.339 e. The molecule has 3 aromatic carbocycles. The average molecular weight is 417 g/mol. The number of fused-ring (bicyclic) bond motifs is 1. The molecule has 0 fully saturated rings. The zero-order valence-corrected chi connectivity index (χ0v) is 17.5. The summed E-state index contributed by atoms with van der Waals surface area (Å²) in [4.78, 5) is 29.7. The molecular weight excluding hydrogens is 396 g/mol. The number of thiazole rings is 1. The molecule has 6 heteroatoms. The lowest BCUT2D eigenvalue weighted by Gasteiger charge is -2.12. The Morgan fingerprint density at radius 1 is 0.933 bits per heavy atom. The molecule has 0 aliphatic carbocycles. The van der Waals surface area contributed by atoms with Crippen LogP contribution in [0, 0.1) is 13.8 Å². The van der Waals surface area contributed by atoms with Gasteiger partial charge in [-0.3, -0.25) is 4.79 Å². The van der Waals surface area contributed by atoms with E-state index in [2.05, 4.69) is 10.3 Å². The van der Waals surface area contributed by atoms with E-state index in [4.69, 9.17) is 4.74 Å². The number of amides is 1. The Balaban J connectivity index is 1.50. The second-order valence-electron chi connectivity index (χ2n) is 6.92. The van der Waals surface area contributed by atoms with E-state index in [1.807, 2.05) is 68.4 Å². The van der Waals surface area contributed by atoms with Crippen LogP contribution in [0.2, 0.25) is 0 Å². The quantitative estimate of drug-likeness (QED) is 0.444. The Morgan fingerprint density at radius 3 is 2.40 bits per heavy atom. The molecule has 1 heterocycles. The Bertz CT molecular complexity index is 1190. The highest BCUT2D eigenvalue weighted by molar-refractivity contribution is 7.21. The maximum absolute atomic E-state index is 12.7. The molecule has 30 heavy (non-hydrogen) atoms. The Kier molecular flexibility index (Phi) is 5.59. The lowest BCUT2D eigenvalue weighted by molar-refractivity contribution is -0.119. The number of carbonyl (C=O) groups is 2. The summed E-state index contributed by atoms with van der Waals surface area (Å²) in [6.07, 6.45) is 0. The van der Waals surface area contributed by atoms with Gasteiger partial charge in [-0.1, -0.05) is 48.5 Å². The van der Waals surface area contributed by atoms with Crippen molar-refractivity contribution in [2.75, 3.05) is 11.9 Å². The van der Waals surface area contributed by atoms with Crippen molar-refractivity contribution < 1.29 is 14.3 Å². The molecule has 5 nitrogen and oxygen atoms in total. The van der Waals surface area contributed by atoms with Crippen molar-refractivity contribution in [1.29, 1.82) is 0 Å². The molecule has 0 spiro atoms. The van der Waals surface area contributed by atoms with Gasteiger partial charge in [0.15, 0.2) is 6.61 Å². The molecule has 0 radical (unpaired) electrons. The van der Waals surface area contributed by atoms with Gasteiger partial charge in [-0.15, -0.1) is 11.3 Å². The summed E-state index contributed by atoms with van der Waals surface area (Å²) in [5, 5.41) is 3.56. The van der Waals surface area contributed by atoms with Crippen LogP contribution in [0.25, 0.3) is 20.8 Å². The molecule has 0 atom stereocenters. The highest BCUT2D eigenvalue weighted by atomic mass is 32.1. The predicted molar refractivity (Wildman–Crippen MR) is 120 cm³/mol. The predicted octanol–water partition coefficient (Wildman–Crippen LogP) is 5.38. The number of nitrogens with one attached hydrogen (secondary N) is 1. The highest BCUT2D eigenvalue weighted by Crippen LogP contribution is 2.32. The molecule has 0 aliphatic rings. The van der Waals surface area contributed by atoms with Crippen LogP contribution >= 0.6 is 11.3 Å². The largest absolute Gasteiger partial charge is 0.452 e. The van der Waals surface area contributed by atoms with Crippen molar-refractivity contribution in [1.82, 2.24) is 4.98 Å².